The van der Waals surface area contributed by atoms with Gasteiger partial charge in [-0.2, -0.15) is 0 Å². The number of rotatable bonds is 4. The van der Waals surface area contributed by atoms with Gasteiger partial charge in [0.05, 0.1) is 0 Å². The van der Waals surface area contributed by atoms with E-state index in [0.717, 1.165) is 12.3 Å². The molecule has 2 rings (SSSR count). The van der Waals surface area contributed by atoms with Gasteiger partial charge < -0.3 is 10.4 Å². The van der Waals surface area contributed by atoms with E-state index >= 15 is 0 Å². The van der Waals surface area contributed by atoms with E-state index in [1.165, 1.54) is 25.0 Å². The molecule has 0 radical (unpaired) electrons. The van der Waals surface area contributed by atoms with Crippen LogP contribution in [-0.2, 0) is 0 Å². The minimum atomic E-state index is -0.0619. The highest BCUT2D eigenvalue weighted by atomic mass is 16.3. The van der Waals surface area contributed by atoms with Crippen molar-refractivity contribution in [2.45, 2.75) is 32.2 Å². The minimum absolute atomic E-state index is 0.0619. The highest BCUT2D eigenvalue weighted by Gasteiger charge is 2.24. The van der Waals surface area contributed by atoms with Crippen LogP contribution in [0, 0.1) is 5.92 Å². The number of hydrogen-bond donors (Lipinski definition) is 2. The Labute approximate surface area is 95.5 Å². The van der Waals surface area contributed by atoms with Crippen LogP contribution in [0.1, 0.15) is 36.5 Å². The van der Waals surface area contributed by atoms with Crippen LogP contribution < -0.4 is 5.32 Å². The lowest BCUT2D eigenvalue weighted by atomic mass is 10.1. The van der Waals surface area contributed by atoms with Gasteiger partial charge in [0.25, 0.3) is 5.91 Å². The Morgan fingerprint density at radius 1 is 1.44 bits per heavy atom. The number of carbonyl (C=O) groups excluding carboxylic acids is 1. The smallest absolute Gasteiger partial charge is 0.251 e. The molecule has 1 atom stereocenters. The number of phenols is 1. The average Bonchev–Trinajstić information content (AvgIpc) is 3.02. The molecule has 0 heterocycles. The molecule has 0 aliphatic heterocycles. The van der Waals surface area contributed by atoms with Gasteiger partial charge in [0.1, 0.15) is 5.75 Å². The summed E-state index contributed by atoms with van der Waals surface area (Å²) in [5.41, 5.74) is 0.598. The number of amides is 1. The third-order valence-corrected chi connectivity index (χ3v) is 2.89. The van der Waals surface area contributed by atoms with Gasteiger partial charge in [0.15, 0.2) is 0 Å². The fourth-order valence-electron chi connectivity index (χ4n) is 1.83. The van der Waals surface area contributed by atoms with Crippen molar-refractivity contribution in [1.29, 1.82) is 0 Å². The summed E-state index contributed by atoms with van der Waals surface area (Å²) in [4.78, 5) is 11.8. The largest absolute Gasteiger partial charge is 0.508 e. The molecule has 1 aromatic rings. The van der Waals surface area contributed by atoms with Crippen molar-refractivity contribution in [3.8, 4) is 5.75 Å². The molecule has 86 valence electrons. The zero-order valence-electron chi connectivity index (χ0n) is 9.44. The van der Waals surface area contributed by atoms with Crippen LogP contribution in [-0.4, -0.2) is 17.1 Å². The Hall–Kier alpha value is -1.51. The summed E-state index contributed by atoms with van der Waals surface area (Å²) in [6, 6.07) is 6.55. The predicted octanol–water partition coefficient (Wildman–Crippen LogP) is 2.31. The normalized spacial score (nSPS) is 16.8. The summed E-state index contributed by atoms with van der Waals surface area (Å²) >= 11 is 0. The second-order valence-electron chi connectivity index (χ2n) is 4.60. The van der Waals surface area contributed by atoms with Crippen LogP contribution in [0.5, 0.6) is 5.75 Å². The summed E-state index contributed by atoms with van der Waals surface area (Å²) in [5.74, 6) is 0.936. The van der Waals surface area contributed by atoms with Gasteiger partial charge in [-0.15, -0.1) is 0 Å². The Morgan fingerprint density at radius 2 is 2.06 bits per heavy atom. The molecule has 0 saturated heterocycles. The summed E-state index contributed by atoms with van der Waals surface area (Å²) < 4.78 is 0. The van der Waals surface area contributed by atoms with Crippen LogP contribution in [0.3, 0.4) is 0 Å². The summed E-state index contributed by atoms with van der Waals surface area (Å²) in [7, 11) is 0. The number of phenolic OH excluding ortho intramolecular Hbond substituents is 1. The first-order valence-electron chi connectivity index (χ1n) is 5.75. The van der Waals surface area contributed by atoms with Crippen molar-refractivity contribution in [2.75, 3.05) is 0 Å². The minimum Gasteiger partial charge on any atom is -0.508 e. The van der Waals surface area contributed by atoms with Crippen molar-refractivity contribution < 1.29 is 9.90 Å². The molecule has 1 amide bonds. The van der Waals surface area contributed by atoms with Gasteiger partial charge in [-0.25, -0.2) is 0 Å². The molecular formula is C13H17NO2. The molecule has 1 fully saturated rings. The number of carbonyl (C=O) groups is 1. The van der Waals surface area contributed by atoms with Gasteiger partial charge in [-0.1, -0.05) is 12.8 Å². The first kappa shape index (κ1) is 11.0. The Kier molecular flexibility index (Phi) is 3.13. The lowest BCUT2D eigenvalue weighted by Gasteiger charge is -2.13. The molecule has 0 aromatic heterocycles. The van der Waals surface area contributed by atoms with E-state index < -0.39 is 0 Å². The van der Waals surface area contributed by atoms with E-state index in [-0.39, 0.29) is 17.7 Å². The molecule has 3 heteroatoms. The molecule has 0 spiro atoms. The maximum absolute atomic E-state index is 11.8. The van der Waals surface area contributed by atoms with Crippen LogP contribution in [0.2, 0.25) is 0 Å². The van der Waals surface area contributed by atoms with E-state index in [4.69, 9.17) is 5.11 Å². The number of benzene rings is 1. The third-order valence-electron chi connectivity index (χ3n) is 2.89. The number of nitrogens with one attached hydrogen (secondary N) is 1. The van der Waals surface area contributed by atoms with Crippen LogP contribution in [0.15, 0.2) is 24.3 Å². The highest BCUT2D eigenvalue weighted by molar-refractivity contribution is 5.94. The summed E-state index contributed by atoms with van der Waals surface area (Å²) in [5, 5.41) is 12.1. The quantitative estimate of drug-likeness (QED) is 0.816. The maximum atomic E-state index is 11.8. The molecular weight excluding hydrogens is 202 g/mol. The van der Waals surface area contributed by atoms with Gasteiger partial charge >= 0.3 is 0 Å². The topological polar surface area (TPSA) is 49.3 Å². The van der Waals surface area contributed by atoms with Crippen LogP contribution in [0.4, 0.5) is 0 Å². The monoisotopic (exact) mass is 219 g/mol. The van der Waals surface area contributed by atoms with Gasteiger partial charge in [-0.05, 0) is 43.5 Å². The van der Waals surface area contributed by atoms with Crippen LogP contribution >= 0.6 is 0 Å². The molecule has 1 aliphatic carbocycles. The van der Waals surface area contributed by atoms with Crippen molar-refractivity contribution >= 4 is 5.91 Å². The Morgan fingerprint density at radius 3 is 2.62 bits per heavy atom. The van der Waals surface area contributed by atoms with Gasteiger partial charge in [0.2, 0.25) is 0 Å². The first-order valence-corrected chi connectivity index (χ1v) is 5.75. The summed E-state index contributed by atoms with van der Waals surface area (Å²) in [6.45, 7) is 2.04. The van der Waals surface area contributed by atoms with E-state index in [0.29, 0.717) is 5.56 Å². The second-order valence-corrected chi connectivity index (χ2v) is 4.60. The fourth-order valence-corrected chi connectivity index (χ4v) is 1.83. The Bertz CT molecular complexity index is 368. The van der Waals surface area contributed by atoms with Crippen molar-refractivity contribution in [2.24, 2.45) is 5.92 Å². The lowest BCUT2D eigenvalue weighted by molar-refractivity contribution is 0.0937. The zero-order valence-corrected chi connectivity index (χ0v) is 9.44. The van der Waals surface area contributed by atoms with E-state index in [2.05, 4.69) is 5.32 Å². The van der Waals surface area contributed by atoms with Gasteiger partial charge in [-0.3, -0.25) is 4.79 Å². The number of hydrogen-bond acceptors (Lipinski definition) is 2. The molecule has 16 heavy (non-hydrogen) atoms. The van der Waals surface area contributed by atoms with E-state index in [1.807, 2.05) is 6.92 Å². The van der Waals surface area contributed by atoms with Crippen molar-refractivity contribution in [1.82, 2.24) is 5.32 Å². The average molecular weight is 219 g/mol. The molecule has 1 aromatic carbocycles. The van der Waals surface area contributed by atoms with Gasteiger partial charge in [0, 0.05) is 11.6 Å². The first-order chi connectivity index (χ1) is 7.65. The lowest BCUT2D eigenvalue weighted by Crippen LogP contribution is -2.32. The molecule has 3 nitrogen and oxygen atoms in total. The molecule has 1 saturated carbocycles. The fraction of sp³-hybridized carbons (Fsp3) is 0.462. The highest BCUT2D eigenvalue weighted by Crippen LogP contribution is 2.33. The molecule has 1 unspecified atom stereocenters. The molecule has 1 aliphatic rings. The number of aromatic hydroxyl groups is 1. The maximum Gasteiger partial charge on any atom is 0.251 e. The van der Waals surface area contributed by atoms with E-state index in [9.17, 15) is 4.79 Å². The summed E-state index contributed by atoms with van der Waals surface area (Å²) in [6.07, 6.45) is 3.68. The predicted molar refractivity (Wildman–Crippen MR) is 62.4 cm³/mol. The zero-order chi connectivity index (χ0) is 11.5. The second kappa shape index (κ2) is 4.56. The third kappa shape index (κ3) is 2.99. The van der Waals surface area contributed by atoms with E-state index in [1.54, 1.807) is 12.1 Å². The molecule has 0 bridgehead atoms. The standard InChI is InChI=1S/C13H17NO2/c1-9(8-10-2-3-10)14-13(16)11-4-6-12(15)7-5-11/h4-7,9-10,15H,2-3,8H2,1H3,(H,14,16). The SMILES string of the molecule is CC(CC1CC1)NC(=O)c1ccc(O)cc1. The van der Waals surface area contributed by atoms with Crippen molar-refractivity contribution in [3.05, 3.63) is 29.8 Å². The molecule has 2 N–H and O–H groups in total. The van der Waals surface area contributed by atoms with Crippen molar-refractivity contribution in [3.63, 3.8) is 0 Å². The van der Waals surface area contributed by atoms with Crippen LogP contribution in [0.25, 0.3) is 0 Å². The Balaban J connectivity index is 1.88.